The van der Waals surface area contributed by atoms with Crippen molar-refractivity contribution < 1.29 is 4.79 Å². The normalized spacial score (nSPS) is 10.1. The van der Waals surface area contributed by atoms with Crippen LogP contribution in [0.2, 0.25) is 0 Å². The van der Waals surface area contributed by atoms with E-state index in [1.165, 1.54) is 5.56 Å². The Kier molecular flexibility index (Phi) is 3.84. The van der Waals surface area contributed by atoms with Crippen molar-refractivity contribution in [2.75, 3.05) is 11.1 Å². The number of anilines is 2. The second kappa shape index (κ2) is 5.55. The average Bonchev–Trinajstić information content (AvgIpc) is 2.72. The standard InChI is InChI=1S/C13H15N3OS/c1-9-7-18-8-10(9)6-15-13(17)16-12-4-2-3-11(14)5-12/h2-5,7-8H,6,14H2,1H3,(H2,15,16,17). The Bertz CT molecular complexity index is 551. The van der Waals surface area contributed by atoms with E-state index >= 15 is 0 Å². The van der Waals surface area contributed by atoms with Gasteiger partial charge in [-0.1, -0.05) is 6.07 Å². The van der Waals surface area contributed by atoms with Gasteiger partial charge in [-0.2, -0.15) is 11.3 Å². The van der Waals surface area contributed by atoms with Gasteiger partial charge in [-0.15, -0.1) is 0 Å². The fourth-order valence-electron chi connectivity index (χ4n) is 1.54. The number of nitrogens with one attached hydrogen (secondary N) is 2. The predicted molar refractivity (Wildman–Crippen MR) is 75.8 cm³/mol. The molecule has 5 heteroatoms. The molecular formula is C13H15N3OS. The van der Waals surface area contributed by atoms with Crippen LogP contribution >= 0.6 is 11.3 Å². The Morgan fingerprint density at radius 2 is 2.22 bits per heavy atom. The summed E-state index contributed by atoms with van der Waals surface area (Å²) in [5.74, 6) is 0. The zero-order valence-corrected chi connectivity index (χ0v) is 10.9. The second-order valence-electron chi connectivity index (χ2n) is 4.01. The predicted octanol–water partition coefficient (Wildman–Crippen LogP) is 2.96. The van der Waals surface area contributed by atoms with Crippen LogP contribution in [0.5, 0.6) is 0 Å². The minimum atomic E-state index is -0.230. The van der Waals surface area contributed by atoms with Crippen molar-refractivity contribution in [2.24, 2.45) is 0 Å². The Hall–Kier alpha value is -2.01. The lowest BCUT2D eigenvalue weighted by molar-refractivity contribution is 0.251. The van der Waals surface area contributed by atoms with Crippen LogP contribution in [0.1, 0.15) is 11.1 Å². The van der Waals surface area contributed by atoms with Crippen LogP contribution in [0.3, 0.4) is 0 Å². The first-order valence-electron chi connectivity index (χ1n) is 5.57. The first-order chi connectivity index (χ1) is 8.65. The number of thiophene rings is 1. The molecule has 2 rings (SSSR count). The van der Waals surface area contributed by atoms with Gasteiger partial charge in [0, 0.05) is 17.9 Å². The van der Waals surface area contributed by atoms with Gasteiger partial charge in [0.25, 0.3) is 0 Å². The van der Waals surface area contributed by atoms with E-state index in [2.05, 4.69) is 16.0 Å². The molecule has 0 aliphatic carbocycles. The third kappa shape index (κ3) is 3.24. The van der Waals surface area contributed by atoms with E-state index < -0.39 is 0 Å². The molecule has 2 amide bonds. The number of aryl methyl sites for hydroxylation is 1. The van der Waals surface area contributed by atoms with Gasteiger partial charge in [0.15, 0.2) is 0 Å². The summed E-state index contributed by atoms with van der Waals surface area (Å²) in [4.78, 5) is 11.7. The second-order valence-corrected chi connectivity index (χ2v) is 4.76. The molecule has 94 valence electrons. The maximum Gasteiger partial charge on any atom is 0.319 e. The lowest BCUT2D eigenvalue weighted by Gasteiger charge is -2.07. The lowest BCUT2D eigenvalue weighted by atomic mass is 10.2. The molecule has 0 saturated carbocycles. The van der Waals surface area contributed by atoms with E-state index in [0.717, 1.165) is 5.56 Å². The SMILES string of the molecule is Cc1cscc1CNC(=O)Nc1cccc(N)c1. The number of nitrogen functional groups attached to an aromatic ring is 1. The summed E-state index contributed by atoms with van der Waals surface area (Å²) >= 11 is 1.64. The lowest BCUT2D eigenvalue weighted by Crippen LogP contribution is -2.28. The fourth-order valence-corrected chi connectivity index (χ4v) is 2.39. The van der Waals surface area contributed by atoms with Crippen LogP contribution in [0.15, 0.2) is 35.0 Å². The number of carbonyl (C=O) groups is 1. The molecule has 1 aromatic heterocycles. The van der Waals surface area contributed by atoms with E-state index in [0.29, 0.717) is 17.9 Å². The maximum absolute atomic E-state index is 11.7. The summed E-state index contributed by atoms with van der Waals surface area (Å²) in [7, 11) is 0. The van der Waals surface area contributed by atoms with Gasteiger partial charge >= 0.3 is 6.03 Å². The van der Waals surface area contributed by atoms with Crippen LogP contribution < -0.4 is 16.4 Å². The molecule has 2 aromatic rings. The highest BCUT2D eigenvalue weighted by Crippen LogP contribution is 2.14. The van der Waals surface area contributed by atoms with E-state index in [1.54, 1.807) is 35.6 Å². The number of rotatable bonds is 3. The van der Waals surface area contributed by atoms with Crippen LogP contribution in [0.4, 0.5) is 16.2 Å². The quantitative estimate of drug-likeness (QED) is 0.744. The van der Waals surface area contributed by atoms with Crippen molar-refractivity contribution in [1.82, 2.24) is 5.32 Å². The molecule has 4 nitrogen and oxygen atoms in total. The van der Waals surface area contributed by atoms with Gasteiger partial charge in [-0.3, -0.25) is 0 Å². The first kappa shape index (κ1) is 12.4. The van der Waals surface area contributed by atoms with Crippen molar-refractivity contribution in [3.8, 4) is 0 Å². The summed E-state index contributed by atoms with van der Waals surface area (Å²) in [5, 5.41) is 9.65. The monoisotopic (exact) mass is 261 g/mol. The van der Waals surface area contributed by atoms with Gasteiger partial charge < -0.3 is 16.4 Å². The van der Waals surface area contributed by atoms with Crippen molar-refractivity contribution in [1.29, 1.82) is 0 Å². The van der Waals surface area contributed by atoms with Crippen molar-refractivity contribution in [3.05, 3.63) is 46.2 Å². The number of carbonyl (C=O) groups excluding carboxylic acids is 1. The molecule has 4 N–H and O–H groups in total. The number of amides is 2. The average molecular weight is 261 g/mol. The highest BCUT2D eigenvalue weighted by Gasteiger charge is 2.04. The number of urea groups is 1. The Morgan fingerprint density at radius 3 is 2.89 bits per heavy atom. The first-order valence-corrected chi connectivity index (χ1v) is 6.51. The number of nitrogens with two attached hydrogens (primary N) is 1. The third-order valence-electron chi connectivity index (χ3n) is 2.55. The van der Waals surface area contributed by atoms with E-state index in [9.17, 15) is 4.79 Å². The molecule has 0 bridgehead atoms. The van der Waals surface area contributed by atoms with Crippen molar-refractivity contribution in [3.63, 3.8) is 0 Å². The highest BCUT2D eigenvalue weighted by atomic mass is 32.1. The van der Waals surface area contributed by atoms with Crippen LogP contribution in [0.25, 0.3) is 0 Å². The Balaban J connectivity index is 1.88. The summed E-state index contributed by atoms with van der Waals surface area (Å²) in [6.45, 7) is 2.56. The molecular weight excluding hydrogens is 246 g/mol. The maximum atomic E-state index is 11.7. The Morgan fingerprint density at radius 1 is 1.39 bits per heavy atom. The topological polar surface area (TPSA) is 67.2 Å². The molecule has 18 heavy (non-hydrogen) atoms. The smallest absolute Gasteiger partial charge is 0.319 e. The molecule has 0 radical (unpaired) electrons. The van der Waals surface area contributed by atoms with E-state index in [1.807, 2.05) is 12.3 Å². The van der Waals surface area contributed by atoms with Crippen molar-refractivity contribution in [2.45, 2.75) is 13.5 Å². The minimum absolute atomic E-state index is 0.230. The van der Waals surface area contributed by atoms with E-state index in [4.69, 9.17) is 5.73 Å². The molecule has 0 saturated heterocycles. The molecule has 0 aliphatic rings. The summed E-state index contributed by atoms with van der Waals surface area (Å²) in [6, 6.07) is 6.86. The van der Waals surface area contributed by atoms with E-state index in [-0.39, 0.29) is 6.03 Å². The molecule has 1 aromatic carbocycles. The van der Waals surface area contributed by atoms with Gasteiger partial charge in [0.05, 0.1) is 0 Å². The Labute approximate surface area is 110 Å². The van der Waals surface area contributed by atoms with Crippen LogP contribution in [-0.4, -0.2) is 6.03 Å². The zero-order valence-electron chi connectivity index (χ0n) is 10.1. The van der Waals surface area contributed by atoms with Gasteiger partial charge in [0.1, 0.15) is 0 Å². The molecule has 0 aliphatic heterocycles. The third-order valence-corrected chi connectivity index (χ3v) is 3.46. The highest BCUT2D eigenvalue weighted by molar-refractivity contribution is 7.08. The van der Waals surface area contributed by atoms with Gasteiger partial charge in [0.2, 0.25) is 0 Å². The summed E-state index contributed by atoms with van der Waals surface area (Å²) < 4.78 is 0. The van der Waals surface area contributed by atoms with Crippen molar-refractivity contribution >= 4 is 28.7 Å². The number of benzene rings is 1. The largest absolute Gasteiger partial charge is 0.399 e. The molecule has 0 atom stereocenters. The van der Waals surface area contributed by atoms with Gasteiger partial charge in [-0.25, -0.2) is 4.79 Å². The minimum Gasteiger partial charge on any atom is -0.399 e. The van der Waals surface area contributed by atoms with Gasteiger partial charge in [-0.05, 0) is 47.0 Å². The molecule has 0 unspecified atom stereocenters. The van der Waals surface area contributed by atoms with Crippen LogP contribution in [0, 0.1) is 6.92 Å². The molecule has 0 spiro atoms. The molecule has 1 heterocycles. The zero-order chi connectivity index (χ0) is 13.0. The summed E-state index contributed by atoms with van der Waals surface area (Å²) in [5.41, 5.74) is 9.29. The fraction of sp³-hybridized carbons (Fsp3) is 0.154. The number of hydrogen-bond donors (Lipinski definition) is 3. The number of hydrogen-bond acceptors (Lipinski definition) is 3. The summed E-state index contributed by atoms with van der Waals surface area (Å²) in [6.07, 6.45) is 0. The van der Waals surface area contributed by atoms with Crippen LogP contribution in [-0.2, 0) is 6.54 Å². The molecule has 0 fully saturated rings.